The Balaban J connectivity index is 2.31. The van der Waals surface area contributed by atoms with Gasteiger partial charge in [-0.1, -0.05) is 11.6 Å². The smallest absolute Gasteiger partial charge is 0.125 e. The van der Waals surface area contributed by atoms with Gasteiger partial charge in [0.2, 0.25) is 0 Å². The zero-order chi connectivity index (χ0) is 11.5. The number of nitrogens with zero attached hydrogens (tertiary/aromatic N) is 2. The number of hydrogen-bond donors (Lipinski definition) is 1. The topological polar surface area (TPSA) is 51.8 Å². The van der Waals surface area contributed by atoms with Gasteiger partial charge in [0, 0.05) is 12.4 Å². The van der Waals surface area contributed by atoms with Crippen molar-refractivity contribution in [1.29, 1.82) is 0 Å². The highest BCUT2D eigenvalue weighted by atomic mass is 79.9. The number of aromatic nitrogens is 2. The van der Waals surface area contributed by atoms with Crippen molar-refractivity contribution < 1.29 is 0 Å². The number of pyridine rings is 2. The van der Waals surface area contributed by atoms with E-state index in [4.69, 9.17) is 17.3 Å². The van der Waals surface area contributed by atoms with Gasteiger partial charge in [-0.25, -0.2) is 9.97 Å². The second kappa shape index (κ2) is 5.03. The maximum Gasteiger partial charge on any atom is 0.125 e. The standard InChI is InChI=1S/C10H7BrClN3S/c11-7-2-1-3-14-9(7)16-10-8(13)4-6(12)5-15-10/h1-5H,13H2. The van der Waals surface area contributed by atoms with Gasteiger partial charge in [0.1, 0.15) is 10.1 Å². The molecule has 0 aliphatic rings. The lowest BCUT2D eigenvalue weighted by molar-refractivity contribution is 1.08. The highest BCUT2D eigenvalue weighted by molar-refractivity contribution is 9.10. The predicted molar refractivity (Wildman–Crippen MR) is 69.7 cm³/mol. The molecule has 0 unspecified atom stereocenters. The molecule has 0 bridgehead atoms. The summed E-state index contributed by atoms with van der Waals surface area (Å²) in [7, 11) is 0. The maximum atomic E-state index is 5.81. The molecular weight excluding hydrogens is 310 g/mol. The van der Waals surface area contributed by atoms with Crippen LogP contribution in [0.3, 0.4) is 0 Å². The molecule has 6 heteroatoms. The third-order valence-corrected chi connectivity index (χ3v) is 3.93. The molecule has 16 heavy (non-hydrogen) atoms. The third kappa shape index (κ3) is 2.66. The fourth-order valence-corrected chi connectivity index (χ4v) is 2.47. The summed E-state index contributed by atoms with van der Waals surface area (Å²) in [5.41, 5.74) is 6.36. The van der Waals surface area contributed by atoms with Crippen molar-refractivity contribution in [1.82, 2.24) is 9.97 Å². The van der Waals surface area contributed by atoms with Crippen molar-refractivity contribution in [2.75, 3.05) is 5.73 Å². The van der Waals surface area contributed by atoms with E-state index in [-0.39, 0.29) is 0 Å². The molecule has 0 radical (unpaired) electrons. The van der Waals surface area contributed by atoms with E-state index in [9.17, 15) is 0 Å². The normalized spacial score (nSPS) is 10.4. The first-order chi connectivity index (χ1) is 7.66. The summed E-state index contributed by atoms with van der Waals surface area (Å²) in [6, 6.07) is 5.45. The predicted octanol–water partition coefficient (Wildman–Crippen LogP) is 3.63. The Morgan fingerprint density at radius 3 is 2.81 bits per heavy atom. The summed E-state index contributed by atoms with van der Waals surface area (Å²) in [6.07, 6.45) is 3.29. The van der Waals surface area contributed by atoms with Crippen molar-refractivity contribution in [2.24, 2.45) is 0 Å². The van der Waals surface area contributed by atoms with Crippen LogP contribution in [0.2, 0.25) is 5.02 Å². The lowest BCUT2D eigenvalue weighted by Crippen LogP contribution is -1.92. The molecule has 0 fully saturated rings. The lowest BCUT2D eigenvalue weighted by Gasteiger charge is -2.05. The molecule has 82 valence electrons. The molecule has 0 aliphatic carbocycles. The van der Waals surface area contributed by atoms with Crippen LogP contribution in [0.1, 0.15) is 0 Å². The van der Waals surface area contributed by atoms with Crippen LogP contribution in [0.4, 0.5) is 5.69 Å². The third-order valence-electron chi connectivity index (χ3n) is 1.76. The molecule has 2 N–H and O–H groups in total. The second-order valence-corrected chi connectivity index (χ2v) is 5.21. The zero-order valence-corrected chi connectivity index (χ0v) is 11.2. The summed E-state index contributed by atoms with van der Waals surface area (Å²) in [6.45, 7) is 0. The van der Waals surface area contributed by atoms with E-state index in [2.05, 4.69) is 25.9 Å². The molecule has 0 saturated heterocycles. The van der Waals surface area contributed by atoms with Crippen molar-refractivity contribution in [3.05, 3.63) is 40.1 Å². The summed E-state index contributed by atoms with van der Waals surface area (Å²) in [4.78, 5) is 8.38. The van der Waals surface area contributed by atoms with E-state index in [0.717, 1.165) is 9.50 Å². The molecule has 0 aromatic carbocycles. The van der Waals surface area contributed by atoms with Gasteiger partial charge in [0.25, 0.3) is 0 Å². The van der Waals surface area contributed by atoms with Gasteiger partial charge >= 0.3 is 0 Å². The van der Waals surface area contributed by atoms with Crippen molar-refractivity contribution in [3.63, 3.8) is 0 Å². The number of anilines is 1. The first-order valence-corrected chi connectivity index (χ1v) is 6.35. The van der Waals surface area contributed by atoms with Crippen molar-refractivity contribution >= 4 is 45.0 Å². The minimum absolute atomic E-state index is 0.530. The second-order valence-electron chi connectivity index (χ2n) is 2.94. The Morgan fingerprint density at radius 1 is 1.31 bits per heavy atom. The van der Waals surface area contributed by atoms with Crippen molar-refractivity contribution in [2.45, 2.75) is 10.1 Å². The van der Waals surface area contributed by atoms with Crippen LogP contribution in [0, 0.1) is 0 Å². The molecule has 0 atom stereocenters. The Kier molecular flexibility index (Phi) is 3.68. The fraction of sp³-hybridized carbons (Fsp3) is 0. The van der Waals surface area contributed by atoms with Gasteiger partial charge in [-0.15, -0.1) is 0 Å². The van der Waals surface area contributed by atoms with E-state index < -0.39 is 0 Å². The van der Waals surface area contributed by atoms with Crippen molar-refractivity contribution in [3.8, 4) is 0 Å². The monoisotopic (exact) mass is 315 g/mol. The fourth-order valence-electron chi connectivity index (χ4n) is 1.07. The van der Waals surface area contributed by atoms with Gasteiger partial charge in [-0.05, 0) is 45.9 Å². The highest BCUT2D eigenvalue weighted by Crippen LogP contribution is 2.33. The summed E-state index contributed by atoms with van der Waals surface area (Å²) in [5.74, 6) is 0. The maximum absolute atomic E-state index is 5.81. The Labute approximate surface area is 111 Å². The van der Waals surface area contributed by atoms with Crippen LogP contribution in [0.5, 0.6) is 0 Å². The van der Waals surface area contributed by atoms with Gasteiger partial charge < -0.3 is 5.73 Å². The van der Waals surface area contributed by atoms with Gasteiger partial charge in [-0.3, -0.25) is 0 Å². The van der Waals surface area contributed by atoms with E-state index in [1.165, 1.54) is 11.8 Å². The Bertz CT molecular complexity index is 521. The number of rotatable bonds is 2. The SMILES string of the molecule is Nc1cc(Cl)cnc1Sc1ncccc1Br. The first-order valence-electron chi connectivity index (χ1n) is 4.36. The molecule has 0 spiro atoms. The average molecular weight is 317 g/mol. The van der Waals surface area contributed by atoms with Crippen LogP contribution in [0.15, 0.2) is 45.1 Å². The van der Waals surface area contributed by atoms with Gasteiger partial charge in [-0.2, -0.15) is 0 Å². The summed E-state index contributed by atoms with van der Waals surface area (Å²) in [5, 5.41) is 2.05. The minimum atomic E-state index is 0.530. The highest BCUT2D eigenvalue weighted by Gasteiger charge is 2.07. The molecule has 2 rings (SSSR count). The zero-order valence-electron chi connectivity index (χ0n) is 8.02. The van der Waals surface area contributed by atoms with E-state index >= 15 is 0 Å². The Hall–Kier alpha value is -0.780. The average Bonchev–Trinajstić information content (AvgIpc) is 2.25. The summed E-state index contributed by atoms with van der Waals surface area (Å²) >= 11 is 10.6. The van der Waals surface area contributed by atoms with E-state index in [1.54, 1.807) is 18.5 Å². The molecule has 3 nitrogen and oxygen atoms in total. The van der Waals surface area contributed by atoms with Crippen LogP contribution >= 0.6 is 39.3 Å². The van der Waals surface area contributed by atoms with Crippen LogP contribution in [-0.4, -0.2) is 9.97 Å². The molecule has 2 heterocycles. The molecule has 0 amide bonds. The largest absolute Gasteiger partial charge is 0.396 e. The minimum Gasteiger partial charge on any atom is -0.396 e. The molecule has 2 aromatic heterocycles. The Morgan fingerprint density at radius 2 is 2.12 bits per heavy atom. The molecular formula is C10H7BrClN3S. The number of hydrogen-bond acceptors (Lipinski definition) is 4. The number of nitrogens with two attached hydrogens (primary N) is 1. The quantitative estimate of drug-likeness (QED) is 0.919. The van der Waals surface area contributed by atoms with Gasteiger partial charge in [0.15, 0.2) is 0 Å². The summed E-state index contributed by atoms with van der Waals surface area (Å²) < 4.78 is 0.913. The number of nitrogen functional groups attached to an aromatic ring is 1. The van der Waals surface area contributed by atoms with Crippen LogP contribution in [0.25, 0.3) is 0 Å². The molecule has 0 saturated carbocycles. The molecule has 2 aromatic rings. The first kappa shape index (κ1) is 11.7. The van der Waals surface area contributed by atoms with E-state index in [1.807, 2.05) is 12.1 Å². The van der Waals surface area contributed by atoms with E-state index in [0.29, 0.717) is 15.7 Å². The van der Waals surface area contributed by atoms with Gasteiger partial charge in [0.05, 0.1) is 15.2 Å². The molecule has 0 aliphatic heterocycles. The number of halogens is 2. The van der Waals surface area contributed by atoms with Crippen LogP contribution < -0.4 is 5.73 Å². The van der Waals surface area contributed by atoms with Crippen LogP contribution in [-0.2, 0) is 0 Å². The lowest BCUT2D eigenvalue weighted by atomic mass is 10.4.